The van der Waals surface area contributed by atoms with Crippen LogP contribution in [0.4, 0.5) is 0 Å². The zero-order chi connectivity index (χ0) is 12.4. The highest BCUT2D eigenvalue weighted by atomic mass is 16.4. The molecule has 0 spiro atoms. The van der Waals surface area contributed by atoms with Crippen LogP contribution in [0, 0.1) is 6.92 Å². The van der Waals surface area contributed by atoms with Crippen molar-refractivity contribution in [2.75, 3.05) is 0 Å². The van der Waals surface area contributed by atoms with Crippen molar-refractivity contribution in [1.29, 1.82) is 0 Å². The second-order valence-electron chi connectivity index (χ2n) is 4.09. The molecule has 0 fully saturated rings. The van der Waals surface area contributed by atoms with E-state index in [0.29, 0.717) is 18.5 Å². The van der Waals surface area contributed by atoms with Crippen molar-refractivity contribution in [3.8, 4) is 0 Å². The van der Waals surface area contributed by atoms with Crippen LogP contribution in [0.2, 0.25) is 0 Å². The van der Waals surface area contributed by atoms with Gasteiger partial charge < -0.3 is 14.7 Å². The number of carboxylic acids is 1. The van der Waals surface area contributed by atoms with Gasteiger partial charge in [-0.05, 0) is 25.5 Å². The van der Waals surface area contributed by atoms with Crippen LogP contribution >= 0.6 is 0 Å². The molecule has 0 aromatic carbocycles. The lowest BCUT2D eigenvalue weighted by Gasteiger charge is -2.03. The van der Waals surface area contributed by atoms with Gasteiger partial charge in [0, 0.05) is 30.2 Å². The summed E-state index contributed by atoms with van der Waals surface area (Å²) >= 11 is 0. The maximum atomic E-state index is 11.8. The van der Waals surface area contributed by atoms with Crippen LogP contribution in [0.1, 0.15) is 18.5 Å². The first-order chi connectivity index (χ1) is 8.08. The van der Waals surface area contributed by atoms with Gasteiger partial charge in [0.05, 0.1) is 0 Å². The van der Waals surface area contributed by atoms with Crippen LogP contribution in [0.3, 0.4) is 0 Å². The first-order valence-corrected chi connectivity index (χ1v) is 5.48. The summed E-state index contributed by atoms with van der Waals surface area (Å²) in [6.07, 6.45) is 2.46. The predicted molar refractivity (Wildman–Crippen MR) is 64.2 cm³/mol. The van der Waals surface area contributed by atoms with E-state index >= 15 is 0 Å². The van der Waals surface area contributed by atoms with Gasteiger partial charge in [-0.15, -0.1) is 0 Å². The molecular formula is C12H14N2O3. The summed E-state index contributed by atoms with van der Waals surface area (Å²) in [7, 11) is 0. The molecule has 0 atom stereocenters. The zero-order valence-corrected chi connectivity index (χ0v) is 9.56. The molecule has 5 nitrogen and oxygen atoms in total. The second-order valence-corrected chi connectivity index (χ2v) is 4.09. The number of aromatic nitrogens is 2. The van der Waals surface area contributed by atoms with Crippen LogP contribution in [0.25, 0.3) is 10.9 Å². The summed E-state index contributed by atoms with van der Waals surface area (Å²) in [6.45, 7) is 2.38. The highest BCUT2D eigenvalue weighted by Crippen LogP contribution is 2.13. The maximum Gasteiger partial charge on any atom is 0.303 e. The van der Waals surface area contributed by atoms with Gasteiger partial charge in [0.2, 0.25) is 0 Å². The summed E-state index contributed by atoms with van der Waals surface area (Å²) in [5.41, 5.74) is 1.31. The summed E-state index contributed by atoms with van der Waals surface area (Å²) < 4.78 is 1.80. The number of H-pyrrole nitrogens is 1. The van der Waals surface area contributed by atoms with E-state index in [-0.39, 0.29) is 12.0 Å². The number of aliphatic carboxylic acids is 1. The minimum atomic E-state index is -0.814. The molecule has 2 N–H and O–H groups in total. The zero-order valence-electron chi connectivity index (χ0n) is 9.56. The molecule has 0 saturated carbocycles. The largest absolute Gasteiger partial charge is 0.481 e. The second kappa shape index (κ2) is 4.45. The van der Waals surface area contributed by atoms with E-state index in [9.17, 15) is 9.59 Å². The number of rotatable bonds is 4. The van der Waals surface area contributed by atoms with Gasteiger partial charge in [0.1, 0.15) is 5.52 Å². The number of carboxylic acid groups (broad SMARTS) is 1. The molecule has 0 unspecified atom stereocenters. The van der Waals surface area contributed by atoms with Crippen molar-refractivity contribution in [3.63, 3.8) is 0 Å². The van der Waals surface area contributed by atoms with E-state index in [1.165, 1.54) is 0 Å². The van der Waals surface area contributed by atoms with Gasteiger partial charge in [-0.2, -0.15) is 0 Å². The Hall–Kier alpha value is -2.04. The van der Waals surface area contributed by atoms with E-state index in [1.807, 2.05) is 25.3 Å². The summed E-state index contributed by atoms with van der Waals surface area (Å²) in [6, 6.07) is 3.78. The van der Waals surface area contributed by atoms with E-state index in [0.717, 1.165) is 11.1 Å². The predicted octanol–water partition coefficient (Wildman–Crippen LogP) is 1.50. The van der Waals surface area contributed by atoms with Crippen LogP contribution < -0.4 is 5.56 Å². The fourth-order valence-corrected chi connectivity index (χ4v) is 1.96. The third-order valence-electron chi connectivity index (χ3n) is 2.68. The van der Waals surface area contributed by atoms with Gasteiger partial charge in [-0.1, -0.05) is 0 Å². The number of aromatic amines is 1. The number of carbonyl (C=O) groups is 1. The average Bonchev–Trinajstić information content (AvgIpc) is 2.60. The quantitative estimate of drug-likeness (QED) is 0.841. The minimum Gasteiger partial charge on any atom is -0.481 e. The van der Waals surface area contributed by atoms with Crippen LogP contribution in [-0.4, -0.2) is 20.6 Å². The third kappa shape index (κ3) is 2.38. The maximum absolute atomic E-state index is 11.8. The molecule has 5 heteroatoms. The Morgan fingerprint density at radius 1 is 1.53 bits per heavy atom. The average molecular weight is 234 g/mol. The van der Waals surface area contributed by atoms with Gasteiger partial charge >= 0.3 is 5.97 Å². The Morgan fingerprint density at radius 3 is 3.00 bits per heavy atom. The van der Waals surface area contributed by atoms with Crippen molar-refractivity contribution in [2.45, 2.75) is 26.3 Å². The molecule has 0 amide bonds. The number of hydrogen-bond donors (Lipinski definition) is 2. The summed E-state index contributed by atoms with van der Waals surface area (Å²) in [4.78, 5) is 25.0. The number of nitrogens with one attached hydrogen (secondary N) is 1. The number of aryl methyl sites for hydroxylation is 2. The molecule has 17 heavy (non-hydrogen) atoms. The van der Waals surface area contributed by atoms with Crippen molar-refractivity contribution in [2.24, 2.45) is 0 Å². The molecule has 2 aromatic heterocycles. The van der Waals surface area contributed by atoms with E-state index < -0.39 is 5.97 Å². The molecule has 90 valence electrons. The SMILES string of the molecule is Cc1cc2ccn(CCCC(=O)O)c2c(=O)[nH]1. The smallest absolute Gasteiger partial charge is 0.303 e. The lowest BCUT2D eigenvalue weighted by molar-refractivity contribution is -0.137. The molecule has 0 aliphatic rings. The van der Waals surface area contributed by atoms with Crippen LogP contribution in [0.15, 0.2) is 23.1 Å². The lowest BCUT2D eigenvalue weighted by atomic mass is 10.2. The Bertz CT molecular complexity index is 610. The lowest BCUT2D eigenvalue weighted by Crippen LogP contribution is -2.12. The molecular weight excluding hydrogens is 220 g/mol. The van der Waals surface area contributed by atoms with Crippen molar-refractivity contribution in [1.82, 2.24) is 9.55 Å². The first kappa shape index (κ1) is 11.4. The van der Waals surface area contributed by atoms with Gasteiger partial charge in [-0.3, -0.25) is 9.59 Å². The highest BCUT2D eigenvalue weighted by molar-refractivity contribution is 5.79. The third-order valence-corrected chi connectivity index (χ3v) is 2.68. The molecule has 2 heterocycles. The minimum absolute atomic E-state index is 0.115. The Morgan fingerprint density at radius 2 is 2.29 bits per heavy atom. The number of pyridine rings is 1. The van der Waals surface area contributed by atoms with Crippen LogP contribution in [-0.2, 0) is 11.3 Å². The first-order valence-electron chi connectivity index (χ1n) is 5.48. The molecule has 2 aromatic rings. The summed E-state index contributed by atoms with van der Waals surface area (Å²) in [5, 5.41) is 9.46. The Labute approximate surface area is 97.7 Å². The Balaban J connectivity index is 2.30. The van der Waals surface area contributed by atoms with Gasteiger partial charge in [0.15, 0.2) is 0 Å². The topological polar surface area (TPSA) is 75.1 Å². The number of hydrogen-bond acceptors (Lipinski definition) is 2. The van der Waals surface area contributed by atoms with Crippen molar-refractivity contribution < 1.29 is 9.90 Å². The summed E-state index contributed by atoms with van der Waals surface area (Å²) in [5.74, 6) is -0.814. The van der Waals surface area contributed by atoms with E-state index in [4.69, 9.17) is 5.11 Å². The Kier molecular flexibility index (Phi) is 2.99. The van der Waals surface area contributed by atoms with Gasteiger partial charge in [-0.25, -0.2) is 0 Å². The van der Waals surface area contributed by atoms with Crippen molar-refractivity contribution in [3.05, 3.63) is 34.4 Å². The standard InChI is InChI=1S/C12H14N2O3/c1-8-7-9-4-6-14(5-2-3-10(15)16)11(9)12(17)13-8/h4,6-7H,2-3,5H2,1H3,(H,13,17)(H,15,16). The van der Waals surface area contributed by atoms with E-state index in [1.54, 1.807) is 4.57 Å². The molecule has 2 rings (SSSR count). The fourth-order valence-electron chi connectivity index (χ4n) is 1.96. The number of nitrogens with zero attached hydrogens (tertiary/aromatic N) is 1. The normalized spacial score (nSPS) is 10.9. The molecule has 0 aliphatic carbocycles. The van der Waals surface area contributed by atoms with Crippen molar-refractivity contribution >= 4 is 16.9 Å². The molecule has 0 radical (unpaired) electrons. The molecule has 0 saturated heterocycles. The molecule has 0 aliphatic heterocycles. The monoisotopic (exact) mass is 234 g/mol. The highest BCUT2D eigenvalue weighted by Gasteiger charge is 2.06. The van der Waals surface area contributed by atoms with Gasteiger partial charge in [0.25, 0.3) is 5.56 Å². The van der Waals surface area contributed by atoms with E-state index in [2.05, 4.69) is 4.98 Å². The fraction of sp³-hybridized carbons (Fsp3) is 0.333. The molecule has 0 bridgehead atoms. The van der Waals surface area contributed by atoms with Crippen LogP contribution in [0.5, 0.6) is 0 Å². The number of fused-ring (bicyclic) bond motifs is 1.